The number of amides is 2. The van der Waals surface area contributed by atoms with Crippen LogP contribution in [0.4, 0.5) is 0 Å². The van der Waals surface area contributed by atoms with Gasteiger partial charge in [0.15, 0.2) is 5.96 Å². The maximum atomic E-state index is 13.3. The van der Waals surface area contributed by atoms with Gasteiger partial charge in [-0.15, -0.1) is 0 Å². The Morgan fingerprint density at radius 1 is 1.25 bits per heavy atom. The molecule has 1 fully saturated rings. The van der Waals surface area contributed by atoms with Gasteiger partial charge in [0.25, 0.3) is 5.91 Å². The van der Waals surface area contributed by atoms with E-state index in [4.69, 9.17) is 14.9 Å². The van der Waals surface area contributed by atoms with Crippen LogP contribution in [-0.4, -0.2) is 48.5 Å². The van der Waals surface area contributed by atoms with Gasteiger partial charge in [0.05, 0.1) is 25.1 Å². The van der Waals surface area contributed by atoms with Crippen molar-refractivity contribution in [3.63, 3.8) is 0 Å². The van der Waals surface area contributed by atoms with Crippen LogP contribution in [0, 0.1) is 5.41 Å². The van der Waals surface area contributed by atoms with E-state index in [0.717, 1.165) is 29.7 Å². The van der Waals surface area contributed by atoms with E-state index in [1.54, 1.807) is 13.2 Å². The van der Waals surface area contributed by atoms with Crippen LogP contribution in [0.15, 0.2) is 48.5 Å². The second-order valence-electron chi connectivity index (χ2n) is 9.53. The van der Waals surface area contributed by atoms with E-state index < -0.39 is 11.6 Å². The van der Waals surface area contributed by atoms with Gasteiger partial charge >= 0.3 is 0 Å². The fraction of sp³-hybridized carbons (Fsp3) is 0.464. The van der Waals surface area contributed by atoms with Gasteiger partial charge in [-0.05, 0) is 43.0 Å². The first-order valence-corrected chi connectivity index (χ1v) is 12.7. The predicted octanol–water partition coefficient (Wildman–Crippen LogP) is 4.33. The van der Waals surface area contributed by atoms with Gasteiger partial charge in [0.1, 0.15) is 5.75 Å². The molecule has 8 heteroatoms. The highest BCUT2D eigenvalue weighted by atomic mass is 16.5. The number of nitrogens with zero attached hydrogens (tertiary/aromatic N) is 1. The lowest BCUT2D eigenvalue weighted by molar-refractivity contribution is -0.133. The number of carbonyl (C=O) groups excluding carboxylic acids is 2. The molecule has 2 aliphatic rings. The van der Waals surface area contributed by atoms with Gasteiger partial charge in [0.2, 0.25) is 5.91 Å². The third-order valence-electron chi connectivity index (χ3n) is 7.44. The molecule has 2 aromatic rings. The van der Waals surface area contributed by atoms with Crippen molar-refractivity contribution in [1.82, 2.24) is 15.5 Å². The number of para-hydroxylation sites is 1. The van der Waals surface area contributed by atoms with Crippen LogP contribution >= 0.6 is 0 Å². The number of fused-ring (bicyclic) bond motifs is 1. The summed E-state index contributed by atoms with van der Waals surface area (Å²) in [5, 5.41) is 15.1. The van der Waals surface area contributed by atoms with Crippen molar-refractivity contribution in [3.8, 4) is 5.75 Å². The van der Waals surface area contributed by atoms with Crippen molar-refractivity contribution in [2.24, 2.45) is 0 Å². The average Bonchev–Trinajstić information content (AvgIpc) is 2.90. The third kappa shape index (κ3) is 5.23. The average molecular weight is 493 g/mol. The summed E-state index contributed by atoms with van der Waals surface area (Å²) in [7, 11) is 1.62. The molecule has 0 spiro atoms. The number of ether oxygens (including phenoxy) is 2. The normalized spacial score (nSPS) is 19.6. The maximum absolute atomic E-state index is 13.3. The molecule has 1 unspecified atom stereocenters. The Bertz CT molecular complexity index is 1090. The molecule has 192 valence electrons. The zero-order chi connectivity index (χ0) is 25.7. The molecule has 0 radical (unpaired) electrons. The number of guanidine groups is 1. The van der Waals surface area contributed by atoms with E-state index in [0.29, 0.717) is 38.0 Å². The van der Waals surface area contributed by atoms with E-state index in [2.05, 4.69) is 10.6 Å². The molecule has 1 saturated heterocycles. The molecule has 0 saturated carbocycles. The molecule has 36 heavy (non-hydrogen) atoms. The summed E-state index contributed by atoms with van der Waals surface area (Å²) in [5.74, 6) is 0.632. The van der Waals surface area contributed by atoms with E-state index in [1.165, 1.54) is 4.90 Å². The quantitative estimate of drug-likeness (QED) is 0.483. The molecule has 4 rings (SSSR count). The highest BCUT2D eigenvalue weighted by Crippen LogP contribution is 2.34. The minimum absolute atomic E-state index is 0.0859. The summed E-state index contributed by atoms with van der Waals surface area (Å²) in [6, 6.07) is 14.5. The number of hydrogen-bond acceptors (Lipinski definition) is 5. The van der Waals surface area contributed by atoms with E-state index >= 15 is 0 Å². The number of rotatable bonds is 9. The molecular formula is C28H36N4O4. The topological polar surface area (TPSA) is 104 Å². The second-order valence-corrected chi connectivity index (χ2v) is 9.53. The number of methoxy groups -OCH3 is 1. The van der Waals surface area contributed by atoms with Crippen LogP contribution in [0.5, 0.6) is 5.75 Å². The lowest BCUT2D eigenvalue weighted by Gasteiger charge is -2.45. The second kappa shape index (κ2) is 11.1. The molecule has 0 aliphatic carbocycles. The lowest BCUT2D eigenvalue weighted by atomic mass is 9.86. The van der Waals surface area contributed by atoms with Crippen LogP contribution in [-0.2, 0) is 9.53 Å². The molecule has 2 aliphatic heterocycles. The van der Waals surface area contributed by atoms with Crippen LogP contribution < -0.4 is 15.4 Å². The van der Waals surface area contributed by atoms with Gasteiger partial charge in [-0.2, -0.15) is 0 Å². The van der Waals surface area contributed by atoms with Crippen molar-refractivity contribution >= 4 is 17.8 Å². The van der Waals surface area contributed by atoms with Gasteiger partial charge in [-0.25, -0.2) is 0 Å². The molecule has 8 nitrogen and oxygen atoms in total. The van der Waals surface area contributed by atoms with Gasteiger partial charge < -0.3 is 20.1 Å². The summed E-state index contributed by atoms with van der Waals surface area (Å²) in [6.45, 7) is 5.04. The fourth-order valence-electron chi connectivity index (χ4n) is 5.16. The standard InChI is InChI=1S/C28H36N4O4/c1-4-28(5-2)18-25(33)32(27(29)31-28)23(14-15-35-3)19-9-8-10-20(17-19)26(34)30-22-13-16-36-24-12-7-6-11-21(22)24/h6-12,17,22-23H,4-5,13-16,18H2,1-3H3,(H2,29,31)(H,30,34)/t22-,23?/m0/s1. The molecule has 0 aromatic heterocycles. The summed E-state index contributed by atoms with van der Waals surface area (Å²) < 4.78 is 11.1. The minimum atomic E-state index is -0.416. The lowest BCUT2D eigenvalue weighted by Crippen LogP contribution is -2.62. The van der Waals surface area contributed by atoms with Crippen LogP contribution in [0.1, 0.15) is 79.5 Å². The molecular weight excluding hydrogens is 456 g/mol. The van der Waals surface area contributed by atoms with Crippen molar-refractivity contribution in [2.45, 2.75) is 63.6 Å². The summed E-state index contributed by atoms with van der Waals surface area (Å²) in [4.78, 5) is 28.1. The smallest absolute Gasteiger partial charge is 0.251 e. The maximum Gasteiger partial charge on any atom is 0.251 e. The van der Waals surface area contributed by atoms with Crippen molar-refractivity contribution in [1.29, 1.82) is 5.41 Å². The fourth-order valence-corrected chi connectivity index (χ4v) is 5.16. The summed E-state index contributed by atoms with van der Waals surface area (Å²) >= 11 is 0. The Kier molecular flexibility index (Phi) is 7.94. The Morgan fingerprint density at radius 2 is 2.03 bits per heavy atom. The Hall–Kier alpha value is -3.39. The minimum Gasteiger partial charge on any atom is -0.493 e. The van der Waals surface area contributed by atoms with E-state index in [9.17, 15) is 9.59 Å². The number of benzene rings is 2. The molecule has 2 aromatic carbocycles. The highest BCUT2D eigenvalue weighted by molar-refractivity contribution is 6.00. The van der Waals surface area contributed by atoms with E-state index in [1.807, 2.05) is 56.3 Å². The molecule has 0 bridgehead atoms. The third-order valence-corrected chi connectivity index (χ3v) is 7.44. The van der Waals surface area contributed by atoms with Crippen LogP contribution in [0.2, 0.25) is 0 Å². The Labute approximate surface area is 212 Å². The molecule has 2 heterocycles. The Morgan fingerprint density at radius 3 is 2.75 bits per heavy atom. The molecule has 2 amide bonds. The number of nitrogens with one attached hydrogen (secondary N) is 3. The molecule has 3 N–H and O–H groups in total. The Balaban J connectivity index is 1.57. The van der Waals surface area contributed by atoms with Crippen molar-refractivity contribution < 1.29 is 19.1 Å². The first-order valence-electron chi connectivity index (χ1n) is 12.7. The number of hydrogen-bond donors (Lipinski definition) is 3. The van der Waals surface area contributed by atoms with Gasteiger partial charge in [-0.3, -0.25) is 19.9 Å². The first kappa shape index (κ1) is 25.7. The largest absolute Gasteiger partial charge is 0.493 e. The predicted molar refractivity (Wildman–Crippen MR) is 138 cm³/mol. The first-order chi connectivity index (χ1) is 17.4. The highest BCUT2D eigenvalue weighted by Gasteiger charge is 2.42. The number of carbonyl (C=O) groups is 2. The molecule has 2 atom stereocenters. The van der Waals surface area contributed by atoms with Gasteiger partial charge in [0, 0.05) is 36.8 Å². The van der Waals surface area contributed by atoms with Crippen LogP contribution in [0.25, 0.3) is 0 Å². The van der Waals surface area contributed by atoms with Crippen molar-refractivity contribution in [3.05, 3.63) is 65.2 Å². The van der Waals surface area contributed by atoms with Crippen molar-refractivity contribution in [2.75, 3.05) is 20.3 Å². The van der Waals surface area contributed by atoms with E-state index in [-0.39, 0.29) is 23.8 Å². The van der Waals surface area contributed by atoms with Crippen LogP contribution in [0.3, 0.4) is 0 Å². The summed E-state index contributed by atoms with van der Waals surface area (Å²) in [5.41, 5.74) is 1.89. The van der Waals surface area contributed by atoms with Gasteiger partial charge in [-0.1, -0.05) is 44.2 Å². The summed E-state index contributed by atoms with van der Waals surface area (Å²) in [6.07, 6.45) is 3.06. The monoisotopic (exact) mass is 492 g/mol. The zero-order valence-electron chi connectivity index (χ0n) is 21.3. The SMILES string of the molecule is CCC1(CC)CC(=O)N(C(CCOC)c2cccc(C(=O)N[C@H]3CCOc4ccccc43)c2)C(=N)N1. The zero-order valence-corrected chi connectivity index (χ0v) is 21.3.